The minimum atomic E-state index is -4.10. The van der Waals surface area contributed by atoms with Gasteiger partial charge in [-0.3, -0.25) is 4.79 Å². The Labute approximate surface area is 206 Å². The van der Waals surface area contributed by atoms with Crippen molar-refractivity contribution >= 4 is 27.5 Å². The van der Waals surface area contributed by atoms with Gasteiger partial charge in [-0.1, -0.05) is 72.3 Å². The van der Waals surface area contributed by atoms with Crippen LogP contribution in [0, 0.1) is 0 Å². The summed E-state index contributed by atoms with van der Waals surface area (Å²) in [5, 5.41) is 3.21. The van der Waals surface area contributed by atoms with Gasteiger partial charge in [0.25, 0.3) is 0 Å². The first-order valence-corrected chi connectivity index (χ1v) is 12.9. The predicted octanol–water partition coefficient (Wildman–Crippen LogP) is 4.38. The number of amides is 1. The van der Waals surface area contributed by atoms with E-state index >= 15 is 0 Å². The van der Waals surface area contributed by atoms with E-state index in [-0.39, 0.29) is 28.1 Å². The SMILES string of the molecule is COc1ccc(Cl)cc1S(=O)(=O)NC(Cc1ccccc1)C(=O)NC(C)CCc1ccccc1. The molecule has 0 saturated carbocycles. The summed E-state index contributed by atoms with van der Waals surface area (Å²) in [6.45, 7) is 1.91. The maximum atomic E-state index is 13.2. The average molecular weight is 501 g/mol. The fourth-order valence-corrected chi connectivity index (χ4v) is 5.22. The van der Waals surface area contributed by atoms with E-state index in [4.69, 9.17) is 16.3 Å². The molecule has 6 nitrogen and oxygen atoms in total. The number of hydrogen-bond acceptors (Lipinski definition) is 4. The summed E-state index contributed by atoms with van der Waals surface area (Å²) in [4.78, 5) is 13.1. The van der Waals surface area contributed by atoms with Crippen molar-refractivity contribution in [2.24, 2.45) is 0 Å². The summed E-state index contributed by atoms with van der Waals surface area (Å²) >= 11 is 6.04. The summed E-state index contributed by atoms with van der Waals surface area (Å²) in [5.41, 5.74) is 2.01. The lowest BCUT2D eigenvalue weighted by molar-refractivity contribution is -0.123. The smallest absolute Gasteiger partial charge is 0.245 e. The number of sulfonamides is 1. The van der Waals surface area contributed by atoms with Crippen LogP contribution in [0.5, 0.6) is 5.75 Å². The number of carbonyl (C=O) groups is 1. The maximum Gasteiger partial charge on any atom is 0.245 e. The molecule has 0 aliphatic rings. The number of benzene rings is 3. The van der Waals surface area contributed by atoms with Gasteiger partial charge in [0, 0.05) is 11.1 Å². The Morgan fingerprint density at radius 1 is 0.971 bits per heavy atom. The second kappa shape index (κ2) is 12.0. The van der Waals surface area contributed by atoms with Crippen molar-refractivity contribution in [3.05, 3.63) is 95.0 Å². The number of aryl methyl sites for hydroxylation is 1. The van der Waals surface area contributed by atoms with Crippen molar-refractivity contribution in [3.63, 3.8) is 0 Å². The lowest BCUT2D eigenvalue weighted by Crippen LogP contribution is -2.50. The molecule has 0 spiro atoms. The van der Waals surface area contributed by atoms with Crippen molar-refractivity contribution in [3.8, 4) is 5.75 Å². The first kappa shape index (κ1) is 25.7. The van der Waals surface area contributed by atoms with Crippen LogP contribution in [0.4, 0.5) is 0 Å². The molecular formula is C26H29ClN2O4S. The van der Waals surface area contributed by atoms with E-state index in [0.29, 0.717) is 0 Å². The van der Waals surface area contributed by atoms with Crippen molar-refractivity contribution in [1.82, 2.24) is 10.0 Å². The van der Waals surface area contributed by atoms with E-state index in [0.717, 1.165) is 18.4 Å². The minimum absolute atomic E-state index is 0.120. The zero-order chi connectivity index (χ0) is 24.6. The van der Waals surface area contributed by atoms with E-state index in [1.165, 1.54) is 24.8 Å². The number of halogens is 1. The van der Waals surface area contributed by atoms with Crippen LogP contribution in [0.1, 0.15) is 24.5 Å². The van der Waals surface area contributed by atoms with E-state index in [1.54, 1.807) is 6.07 Å². The zero-order valence-electron chi connectivity index (χ0n) is 19.2. The first-order chi connectivity index (χ1) is 16.3. The molecule has 0 fully saturated rings. The Hall–Kier alpha value is -2.87. The Morgan fingerprint density at radius 3 is 2.21 bits per heavy atom. The third kappa shape index (κ3) is 7.32. The fourth-order valence-electron chi connectivity index (χ4n) is 3.59. The van der Waals surface area contributed by atoms with Crippen LogP contribution < -0.4 is 14.8 Å². The van der Waals surface area contributed by atoms with Crippen LogP contribution in [0.2, 0.25) is 5.02 Å². The molecule has 34 heavy (non-hydrogen) atoms. The molecule has 2 unspecified atom stereocenters. The number of methoxy groups -OCH3 is 1. The molecule has 0 heterocycles. The quantitative estimate of drug-likeness (QED) is 0.409. The molecule has 0 aromatic heterocycles. The molecule has 0 radical (unpaired) electrons. The van der Waals surface area contributed by atoms with Gasteiger partial charge in [-0.05, 0) is 55.5 Å². The summed E-state index contributed by atoms with van der Waals surface area (Å²) in [7, 11) is -2.72. The molecule has 0 aliphatic carbocycles. The first-order valence-electron chi connectivity index (χ1n) is 11.0. The number of rotatable bonds is 11. The van der Waals surface area contributed by atoms with Crippen molar-refractivity contribution in [1.29, 1.82) is 0 Å². The van der Waals surface area contributed by atoms with Gasteiger partial charge >= 0.3 is 0 Å². The Kier molecular flexibility index (Phi) is 9.10. The predicted molar refractivity (Wildman–Crippen MR) is 135 cm³/mol. The third-order valence-electron chi connectivity index (χ3n) is 5.41. The third-order valence-corrected chi connectivity index (χ3v) is 7.14. The molecule has 3 aromatic carbocycles. The molecule has 8 heteroatoms. The zero-order valence-corrected chi connectivity index (χ0v) is 20.8. The molecule has 180 valence electrons. The van der Waals surface area contributed by atoms with Crippen LogP contribution in [0.15, 0.2) is 83.8 Å². The fraction of sp³-hybridized carbons (Fsp3) is 0.269. The molecule has 3 aromatic rings. The Morgan fingerprint density at radius 2 is 1.59 bits per heavy atom. The lowest BCUT2D eigenvalue weighted by Gasteiger charge is -2.22. The van der Waals surface area contributed by atoms with Crippen LogP contribution in [-0.4, -0.2) is 33.5 Å². The van der Waals surface area contributed by atoms with E-state index in [2.05, 4.69) is 10.0 Å². The summed E-state index contributed by atoms with van der Waals surface area (Å²) in [6, 6.07) is 22.4. The minimum Gasteiger partial charge on any atom is -0.495 e. The molecule has 2 atom stereocenters. The van der Waals surface area contributed by atoms with Crippen LogP contribution in [-0.2, 0) is 27.7 Å². The number of ether oxygens (including phenoxy) is 1. The second-order valence-corrected chi connectivity index (χ2v) is 10.2. The summed E-state index contributed by atoms with van der Waals surface area (Å²) in [5.74, 6) is -0.249. The largest absolute Gasteiger partial charge is 0.495 e. The van der Waals surface area contributed by atoms with Gasteiger partial charge in [0.15, 0.2) is 0 Å². The Balaban J connectivity index is 1.78. The Bertz CT molecular complexity index is 1190. The van der Waals surface area contributed by atoms with Crippen LogP contribution >= 0.6 is 11.6 Å². The van der Waals surface area contributed by atoms with E-state index < -0.39 is 22.0 Å². The van der Waals surface area contributed by atoms with Gasteiger partial charge in [-0.25, -0.2) is 8.42 Å². The standard InChI is InChI=1S/C26H29ClN2O4S/c1-19(13-14-20-9-5-3-6-10-20)28-26(30)23(17-21-11-7-4-8-12-21)29-34(31,32)25-18-22(27)15-16-24(25)33-2/h3-12,15-16,18-19,23,29H,13-14,17H2,1-2H3,(H,28,30). The maximum absolute atomic E-state index is 13.2. The van der Waals surface area contributed by atoms with E-state index in [1.807, 2.05) is 67.6 Å². The molecule has 0 bridgehead atoms. The van der Waals surface area contributed by atoms with Gasteiger partial charge in [0.1, 0.15) is 16.7 Å². The number of carbonyl (C=O) groups excluding carboxylic acids is 1. The van der Waals surface area contributed by atoms with Crippen molar-refractivity contribution in [2.45, 2.75) is 43.2 Å². The highest BCUT2D eigenvalue weighted by molar-refractivity contribution is 7.89. The average Bonchev–Trinajstić information content (AvgIpc) is 2.83. The molecule has 1 amide bonds. The summed E-state index contributed by atoms with van der Waals surface area (Å²) in [6.07, 6.45) is 1.72. The van der Waals surface area contributed by atoms with E-state index in [9.17, 15) is 13.2 Å². The van der Waals surface area contributed by atoms with Crippen molar-refractivity contribution in [2.75, 3.05) is 7.11 Å². The highest BCUT2D eigenvalue weighted by atomic mass is 35.5. The number of hydrogen-bond donors (Lipinski definition) is 2. The van der Waals surface area contributed by atoms with Gasteiger partial charge in [0.2, 0.25) is 15.9 Å². The summed E-state index contributed by atoms with van der Waals surface area (Å²) < 4.78 is 34.2. The molecule has 0 aliphatic heterocycles. The molecule has 2 N–H and O–H groups in total. The lowest BCUT2D eigenvalue weighted by atomic mass is 10.0. The molecule has 3 rings (SSSR count). The van der Waals surface area contributed by atoms with Crippen molar-refractivity contribution < 1.29 is 17.9 Å². The second-order valence-electron chi connectivity index (χ2n) is 8.09. The van der Waals surface area contributed by atoms with Crippen LogP contribution in [0.25, 0.3) is 0 Å². The van der Waals surface area contributed by atoms with Gasteiger partial charge in [-0.2, -0.15) is 4.72 Å². The molecule has 0 saturated heterocycles. The normalized spacial score (nSPS) is 13.1. The van der Waals surface area contributed by atoms with Gasteiger partial charge < -0.3 is 10.1 Å². The highest BCUT2D eigenvalue weighted by Crippen LogP contribution is 2.27. The van der Waals surface area contributed by atoms with Crippen LogP contribution in [0.3, 0.4) is 0 Å². The number of nitrogens with one attached hydrogen (secondary N) is 2. The highest BCUT2D eigenvalue weighted by Gasteiger charge is 2.29. The van der Waals surface area contributed by atoms with Gasteiger partial charge in [-0.15, -0.1) is 0 Å². The monoisotopic (exact) mass is 500 g/mol. The topological polar surface area (TPSA) is 84.5 Å². The molecular weight excluding hydrogens is 472 g/mol. The van der Waals surface area contributed by atoms with Gasteiger partial charge in [0.05, 0.1) is 7.11 Å².